The van der Waals surface area contributed by atoms with E-state index in [9.17, 15) is 4.79 Å². The molecule has 138 valence electrons. The number of benzene rings is 1. The highest BCUT2D eigenvalue weighted by Crippen LogP contribution is 2.33. The molecule has 5 heteroatoms. The minimum absolute atomic E-state index is 0.252. The van der Waals surface area contributed by atoms with Crippen molar-refractivity contribution in [3.05, 3.63) is 48.0 Å². The standard InChI is InChI=1S/C21H27N3OS/c1-26-19-6-4-16(5-7-19)14-20(25)23-11-8-18(9-12-23)21-22-10-13-24(21)15-17-2-3-17/h4-7,10,13,17-18H,2-3,8-9,11-12,14-15H2,1H3. The zero-order valence-corrected chi connectivity index (χ0v) is 16.3. The summed E-state index contributed by atoms with van der Waals surface area (Å²) in [7, 11) is 0. The average molecular weight is 370 g/mol. The molecule has 0 radical (unpaired) electrons. The zero-order chi connectivity index (χ0) is 17.9. The van der Waals surface area contributed by atoms with Crippen molar-refractivity contribution in [1.82, 2.24) is 14.5 Å². The third-order valence-corrected chi connectivity index (χ3v) is 6.37. The third kappa shape index (κ3) is 4.14. The molecule has 0 spiro atoms. The van der Waals surface area contributed by atoms with Gasteiger partial charge in [0.15, 0.2) is 0 Å². The third-order valence-electron chi connectivity index (χ3n) is 5.63. The molecular weight excluding hydrogens is 342 g/mol. The molecule has 26 heavy (non-hydrogen) atoms. The number of hydrogen-bond donors (Lipinski definition) is 0. The van der Waals surface area contributed by atoms with Gasteiger partial charge in [0.2, 0.25) is 5.91 Å². The van der Waals surface area contributed by atoms with Gasteiger partial charge in [-0.25, -0.2) is 4.98 Å². The smallest absolute Gasteiger partial charge is 0.226 e. The van der Waals surface area contributed by atoms with Crippen LogP contribution in [0.4, 0.5) is 0 Å². The molecule has 2 heterocycles. The minimum atomic E-state index is 0.252. The van der Waals surface area contributed by atoms with Crippen LogP contribution in [0.3, 0.4) is 0 Å². The van der Waals surface area contributed by atoms with E-state index in [-0.39, 0.29) is 5.91 Å². The fraction of sp³-hybridized carbons (Fsp3) is 0.524. The molecule has 1 aliphatic heterocycles. The summed E-state index contributed by atoms with van der Waals surface area (Å²) in [5, 5.41) is 0. The fourth-order valence-corrected chi connectivity index (χ4v) is 4.24. The Hall–Kier alpha value is -1.75. The summed E-state index contributed by atoms with van der Waals surface area (Å²) in [6.07, 6.45) is 11.4. The lowest BCUT2D eigenvalue weighted by molar-refractivity contribution is -0.131. The molecular formula is C21H27N3OS. The van der Waals surface area contributed by atoms with Crippen LogP contribution in [-0.4, -0.2) is 39.7 Å². The van der Waals surface area contributed by atoms with Crippen molar-refractivity contribution in [1.29, 1.82) is 0 Å². The summed E-state index contributed by atoms with van der Waals surface area (Å²) in [5.41, 5.74) is 1.11. The Balaban J connectivity index is 1.31. The molecule has 2 aliphatic rings. The summed E-state index contributed by atoms with van der Waals surface area (Å²) >= 11 is 1.73. The van der Waals surface area contributed by atoms with Crippen LogP contribution in [-0.2, 0) is 17.8 Å². The molecule has 2 aromatic rings. The fourth-order valence-electron chi connectivity index (χ4n) is 3.83. The number of rotatable bonds is 6. The lowest BCUT2D eigenvalue weighted by atomic mass is 9.95. The Morgan fingerprint density at radius 1 is 1.15 bits per heavy atom. The van der Waals surface area contributed by atoms with Crippen molar-refractivity contribution >= 4 is 17.7 Å². The quantitative estimate of drug-likeness (QED) is 0.723. The number of hydrogen-bond acceptors (Lipinski definition) is 3. The highest BCUT2D eigenvalue weighted by atomic mass is 32.2. The number of amides is 1. The predicted molar refractivity (Wildman–Crippen MR) is 105 cm³/mol. The zero-order valence-electron chi connectivity index (χ0n) is 15.4. The van der Waals surface area contributed by atoms with Crippen molar-refractivity contribution < 1.29 is 4.79 Å². The molecule has 1 aromatic carbocycles. The summed E-state index contributed by atoms with van der Waals surface area (Å²) in [5.74, 6) is 2.84. The number of aromatic nitrogens is 2. The first kappa shape index (κ1) is 17.7. The van der Waals surface area contributed by atoms with Crippen molar-refractivity contribution in [2.75, 3.05) is 19.3 Å². The van der Waals surface area contributed by atoms with Crippen molar-refractivity contribution in [2.24, 2.45) is 5.92 Å². The number of likely N-dealkylation sites (tertiary alicyclic amines) is 1. The van der Waals surface area contributed by atoms with E-state index in [0.717, 1.165) is 44.0 Å². The van der Waals surface area contributed by atoms with E-state index in [1.165, 1.54) is 23.6 Å². The second-order valence-corrected chi connectivity index (χ2v) is 8.44. The Labute approximate surface area is 160 Å². The van der Waals surface area contributed by atoms with Gasteiger partial charge in [-0.1, -0.05) is 12.1 Å². The Morgan fingerprint density at radius 2 is 1.88 bits per heavy atom. The molecule has 1 saturated carbocycles. The summed E-state index contributed by atoms with van der Waals surface area (Å²) in [4.78, 5) is 20.5. The summed E-state index contributed by atoms with van der Waals surface area (Å²) < 4.78 is 2.35. The van der Waals surface area contributed by atoms with Gasteiger partial charge in [0, 0.05) is 42.8 Å². The lowest BCUT2D eigenvalue weighted by Gasteiger charge is -2.32. The molecule has 4 rings (SSSR count). The molecule has 0 atom stereocenters. The average Bonchev–Trinajstić information content (AvgIpc) is 3.37. The van der Waals surface area contributed by atoms with Gasteiger partial charge in [0.25, 0.3) is 0 Å². The van der Waals surface area contributed by atoms with Crippen LogP contribution in [0.25, 0.3) is 0 Å². The maximum absolute atomic E-state index is 12.6. The lowest BCUT2D eigenvalue weighted by Crippen LogP contribution is -2.39. The first-order chi connectivity index (χ1) is 12.7. The van der Waals surface area contributed by atoms with E-state index in [1.54, 1.807) is 11.8 Å². The van der Waals surface area contributed by atoms with Gasteiger partial charge in [-0.15, -0.1) is 11.8 Å². The van der Waals surface area contributed by atoms with Crippen LogP contribution < -0.4 is 0 Å². The van der Waals surface area contributed by atoms with Crippen molar-refractivity contribution in [3.63, 3.8) is 0 Å². The van der Waals surface area contributed by atoms with E-state index in [1.807, 2.05) is 11.1 Å². The molecule has 2 fully saturated rings. The molecule has 1 amide bonds. The van der Waals surface area contributed by atoms with Crippen LogP contribution >= 0.6 is 11.8 Å². The number of imidazole rings is 1. The maximum Gasteiger partial charge on any atom is 0.226 e. The van der Waals surface area contributed by atoms with Crippen LogP contribution in [0.15, 0.2) is 41.6 Å². The highest BCUT2D eigenvalue weighted by molar-refractivity contribution is 7.98. The van der Waals surface area contributed by atoms with E-state index in [4.69, 9.17) is 0 Å². The molecule has 0 unspecified atom stereocenters. The summed E-state index contributed by atoms with van der Waals surface area (Å²) in [6, 6.07) is 8.34. The van der Waals surface area contributed by atoms with Gasteiger partial charge in [0.05, 0.1) is 6.42 Å². The van der Waals surface area contributed by atoms with Gasteiger partial charge >= 0.3 is 0 Å². The molecule has 0 N–H and O–H groups in total. The number of nitrogens with zero attached hydrogens (tertiary/aromatic N) is 3. The van der Waals surface area contributed by atoms with Crippen LogP contribution in [0, 0.1) is 5.92 Å². The molecule has 1 saturated heterocycles. The maximum atomic E-state index is 12.6. The number of piperidine rings is 1. The van der Waals surface area contributed by atoms with Crippen molar-refractivity contribution in [3.8, 4) is 0 Å². The van der Waals surface area contributed by atoms with Crippen LogP contribution in [0.2, 0.25) is 0 Å². The number of thioether (sulfide) groups is 1. The molecule has 0 bridgehead atoms. The van der Waals surface area contributed by atoms with Gasteiger partial charge in [0.1, 0.15) is 5.82 Å². The number of carbonyl (C=O) groups excluding carboxylic acids is 1. The van der Waals surface area contributed by atoms with Crippen molar-refractivity contribution in [2.45, 2.75) is 49.5 Å². The van der Waals surface area contributed by atoms with E-state index in [0.29, 0.717) is 12.3 Å². The molecule has 1 aromatic heterocycles. The Morgan fingerprint density at radius 3 is 2.54 bits per heavy atom. The summed E-state index contributed by atoms with van der Waals surface area (Å²) in [6.45, 7) is 2.83. The second kappa shape index (κ2) is 7.87. The van der Waals surface area contributed by atoms with Crippen LogP contribution in [0.5, 0.6) is 0 Å². The minimum Gasteiger partial charge on any atom is -0.342 e. The normalized spacial score (nSPS) is 18.3. The van der Waals surface area contributed by atoms with E-state index in [2.05, 4.69) is 46.3 Å². The molecule has 4 nitrogen and oxygen atoms in total. The van der Waals surface area contributed by atoms with Gasteiger partial charge in [-0.3, -0.25) is 4.79 Å². The predicted octanol–water partition coefficient (Wildman–Crippen LogP) is 3.96. The first-order valence-electron chi connectivity index (χ1n) is 9.64. The number of carbonyl (C=O) groups is 1. The highest BCUT2D eigenvalue weighted by Gasteiger charge is 2.28. The molecule has 1 aliphatic carbocycles. The van der Waals surface area contributed by atoms with Gasteiger partial charge in [-0.2, -0.15) is 0 Å². The SMILES string of the molecule is CSc1ccc(CC(=O)N2CCC(c3nccn3CC3CC3)CC2)cc1. The van der Waals surface area contributed by atoms with Crippen LogP contribution in [0.1, 0.15) is 43.0 Å². The largest absolute Gasteiger partial charge is 0.342 e. The first-order valence-corrected chi connectivity index (χ1v) is 10.9. The van der Waals surface area contributed by atoms with E-state index >= 15 is 0 Å². The topological polar surface area (TPSA) is 38.1 Å². The van der Waals surface area contributed by atoms with Gasteiger partial charge in [-0.05, 0) is 55.6 Å². The monoisotopic (exact) mass is 369 g/mol. The second-order valence-electron chi connectivity index (χ2n) is 7.56. The Kier molecular flexibility index (Phi) is 5.34. The van der Waals surface area contributed by atoms with Gasteiger partial charge < -0.3 is 9.47 Å². The Bertz CT molecular complexity index is 743. The van der Waals surface area contributed by atoms with E-state index < -0.39 is 0 Å².